The molecule has 2 aromatic carbocycles. The second-order valence-electron chi connectivity index (χ2n) is 9.50. The minimum atomic E-state index is -0.263. The van der Waals surface area contributed by atoms with Crippen molar-refractivity contribution < 1.29 is 18.8 Å². The fraction of sp³-hybridized carbons (Fsp3) is 0.207. The summed E-state index contributed by atoms with van der Waals surface area (Å²) in [7, 11) is 1.56. The molecule has 4 N–H and O–H groups in total. The van der Waals surface area contributed by atoms with Gasteiger partial charge in [-0.1, -0.05) is 28.6 Å². The molecule has 0 spiro atoms. The van der Waals surface area contributed by atoms with Gasteiger partial charge in [-0.05, 0) is 55.0 Å². The quantitative estimate of drug-likeness (QED) is 0.226. The van der Waals surface area contributed by atoms with Gasteiger partial charge in [0.25, 0.3) is 11.8 Å². The first kappa shape index (κ1) is 27.2. The average Bonchev–Trinajstić information content (AvgIpc) is 3.65. The van der Waals surface area contributed by atoms with Crippen LogP contribution in [-0.2, 0) is 4.74 Å². The van der Waals surface area contributed by atoms with Crippen LogP contribution in [0.4, 0.5) is 28.1 Å². The van der Waals surface area contributed by atoms with Gasteiger partial charge in [-0.15, -0.1) is 0 Å². The number of ether oxygens (including phenoxy) is 2. The van der Waals surface area contributed by atoms with Crippen molar-refractivity contribution in [2.45, 2.75) is 6.92 Å². The molecular weight excluding hydrogens is 556 g/mol. The number of hydrogen-bond acceptors (Lipinski definition) is 12. The van der Waals surface area contributed by atoms with Crippen molar-refractivity contribution in [2.75, 3.05) is 54.7 Å². The van der Waals surface area contributed by atoms with Crippen LogP contribution in [0.5, 0.6) is 5.75 Å². The highest BCUT2D eigenvalue weighted by atomic mass is 32.1. The third-order valence-corrected chi connectivity index (χ3v) is 7.65. The summed E-state index contributed by atoms with van der Waals surface area (Å²) < 4.78 is 16.2. The van der Waals surface area contributed by atoms with Gasteiger partial charge in [0.2, 0.25) is 5.82 Å². The monoisotopic (exact) mass is 584 g/mol. The molecule has 0 bridgehead atoms. The number of nitrogens with zero attached hydrogens (tertiary/aromatic N) is 5. The second-order valence-corrected chi connectivity index (χ2v) is 10.5. The number of nitrogens with one attached hydrogen (secondary N) is 2. The SMILES string of the molecule is COc1cccc(C(=O)Nc2ccc(C)c(-c3noc(-c4sc(Nc5ccc(N6CCOCC6)nc5)nc4N)n3)c2)c1. The molecule has 0 saturated carbocycles. The van der Waals surface area contributed by atoms with Crippen LogP contribution < -0.4 is 26.0 Å². The molecule has 12 nitrogen and oxygen atoms in total. The smallest absolute Gasteiger partial charge is 0.272 e. The third kappa shape index (κ3) is 5.87. The van der Waals surface area contributed by atoms with E-state index in [1.54, 1.807) is 43.6 Å². The number of nitrogen functional groups attached to an aromatic ring is 1. The Morgan fingerprint density at radius 2 is 1.90 bits per heavy atom. The van der Waals surface area contributed by atoms with Crippen LogP contribution in [0.1, 0.15) is 15.9 Å². The fourth-order valence-corrected chi connectivity index (χ4v) is 5.26. The summed E-state index contributed by atoms with van der Waals surface area (Å²) in [6, 6.07) is 16.4. The number of benzene rings is 2. The molecule has 1 amide bonds. The summed E-state index contributed by atoms with van der Waals surface area (Å²) in [4.78, 5) is 29.1. The molecule has 13 heteroatoms. The molecule has 0 radical (unpaired) electrons. The van der Waals surface area contributed by atoms with Crippen molar-refractivity contribution in [3.63, 3.8) is 0 Å². The lowest BCUT2D eigenvalue weighted by Gasteiger charge is -2.27. The maximum absolute atomic E-state index is 12.8. The Balaban J connectivity index is 1.17. The average molecular weight is 585 g/mol. The summed E-state index contributed by atoms with van der Waals surface area (Å²) in [5, 5.41) is 10.9. The summed E-state index contributed by atoms with van der Waals surface area (Å²) >= 11 is 1.30. The first-order chi connectivity index (χ1) is 20.5. The maximum Gasteiger partial charge on any atom is 0.272 e. The standard InChI is InChI=1S/C29H28N8O4S/c1-17-6-7-19(32-27(38)18-4-3-5-21(14-18)39-2)15-22(17)26-35-28(41-36-26)24-25(30)34-29(42-24)33-20-8-9-23(31-16-20)37-10-12-40-13-11-37/h3-9,14-16H,10-13,30H2,1-2H3,(H,32,38)(H,33,34). The summed E-state index contributed by atoms with van der Waals surface area (Å²) in [5.41, 5.74) is 9.69. The number of methoxy groups -OCH3 is 1. The van der Waals surface area contributed by atoms with Gasteiger partial charge < -0.3 is 35.3 Å². The van der Waals surface area contributed by atoms with Crippen molar-refractivity contribution in [3.8, 4) is 27.9 Å². The summed E-state index contributed by atoms with van der Waals surface area (Å²) in [6.45, 7) is 4.97. The Hall–Kier alpha value is -5.01. The Labute approximate surface area is 245 Å². The lowest BCUT2D eigenvalue weighted by molar-refractivity contribution is 0.102. The minimum absolute atomic E-state index is 0.249. The van der Waals surface area contributed by atoms with Crippen LogP contribution in [0, 0.1) is 6.92 Å². The number of thiazole rings is 1. The van der Waals surface area contributed by atoms with E-state index in [1.807, 2.05) is 31.2 Å². The highest BCUT2D eigenvalue weighted by Gasteiger charge is 2.20. The van der Waals surface area contributed by atoms with Crippen molar-refractivity contribution in [2.24, 2.45) is 0 Å². The van der Waals surface area contributed by atoms with E-state index in [0.717, 1.165) is 30.2 Å². The van der Waals surface area contributed by atoms with Gasteiger partial charge in [0, 0.05) is 29.9 Å². The lowest BCUT2D eigenvalue weighted by atomic mass is 10.1. The lowest BCUT2D eigenvalue weighted by Crippen LogP contribution is -2.36. The number of aromatic nitrogens is 4. The van der Waals surface area contributed by atoms with Crippen molar-refractivity contribution >= 4 is 45.4 Å². The molecule has 214 valence electrons. The predicted molar refractivity (Wildman–Crippen MR) is 161 cm³/mol. The van der Waals surface area contributed by atoms with E-state index in [1.165, 1.54) is 11.3 Å². The van der Waals surface area contributed by atoms with Crippen LogP contribution in [-0.4, -0.2) is 59.4 Å². The number of amides is 1. The second kappa shape index (κ2) is 11.8. The van der Waals surface area contributed by atoms with Crippen LogP contribution in [0.25, 0.3) is 22.2 Å². The molecule has 4 heterocycles. The molecule has 5 aromatic rings. The Bertz CT molecular complexity index is 1710. The van der Waals surface area contributed by atoms with E-state index in [9.17, 15) is 4.79 Å². The number of aryl methyl sites for hydroxylation is 1. The maximum atomic E-state index is 12.8. The highest BCUT2D eigenvalue weighted by Crippen LogP contribution is 2.36. The molecule has 1 fully saturated rings. The van der Waals surface area contributed by atoms with Crippen molar-refractivity contribution in [3.05, 3.63) is 71.9 Å². The molecule has 0 aliphatic carbocycles. The zero-order valence-electron chi connectivity index (χ0n) is 23.0. The van der Waals surface area contributed by atoms with Crippen LogP contribution >= 0.6 is 11.3 Å². The van der Waals surface area contributed by atoms with E-state index in [0.29, 0.717) is 51.6 Å². The summed E-state index contributed by atoms with van der Waals surface area (Å²) in [6.07, 6.45) is 1.76. The number of pyridine rings is 1. The van der Waals surface area contributed by atoms with Gasteiger partial charge in [-0.2, -0.15) is 4.98 Å². The number of rotatable bonds is 8. The van der Waals surface area contributed by atoms with Crippen molar-refractivity contribution in [1.82, 2.24) is 20.1 Å². The molecule has 1 aliphatic heterocycles. The van der Waals surface area contributed by atoms with Gasteiger partial charge >= 0.3 is 0 Å². The Kier molecular flexibility index (Phi) is 7.66. The van der Waals surface area contributed by atoms with Gasteiger partial charge in [0.05, 0.1) is 32.2 Å². The first-order valence-electron chi connectivity index (χ1n) is 13.2. The Morgan fingerprint density at radius 3 is 2.69 bits per heavy atom. The number of morpholine rings is 1. The van der Waals surface area contributed by atoms with E-state index in [2.05, 4.69) is 35.6 Å². The molecule has 0 unspecified atom stereocenters. The van der Waals surface area contributed by atoms with Crippen LogP contribution in [0.15, 0.2) is 65.3 Å². The number of nitrogens with two attached hydrogens (primary N) is 1. The predicted octanol–water partition coefficient (Wildman–Crippen LogP) is 4.99. The molecule has 1 aliphatic rings. The molecule has 1 saturated heterocycles. The Morgan fingerprint density at radius 1 is 1.07 bits per heavy atom. The van der Waals surface area contributed by atoms with E-state index < -0.39 is 0 Å². The van der Waals surface area contributed by atoms with Gasteiger partial charge in [-0.3, -0.25) is 4.79 Å². The first-order valence-corrected chi connectivity index (χ1v) is 14.0. The number of carbonyl (C=O) groups excluding carboxylic acids is 1. The highest BCUT2D eigenvalue weighted by molar-refractivity contribution is 7.19. The van der Waals surface area contributed by atoms with E-state index in [-0.39, 0.29) is 17.6 Å². The zero-order chi connectivity index (χ0) is 29.1. The topological polar surface area (TPSA) is 154 Å². The number of carbonyl (C=O) groups is 1. The molecule has 3 aromatic heterocycles. The van der Waals surface area contributed by atoms with Gasteiger partial charge in [0.1, 0.15) is 22.3 Å². The third-order valence-electron chi connectivity index (χ3n) is 6.68. The minimum Gasteiger partial charge on any atom is -0.497 e. The van der Waals surface area contributed by atoms with E-state index in [4.69, 9.17) is 19.7 Å². The van der Waals surface area contributed by atoms with Gasteiger partial charge in [-0.25, -0.2) is 9.97 Å². The number of anilines is 5. The fourth-order valence-electron chi connectivity index (χ4n) is 4.43. The molecular formula is C29H28N8O4S. The van der Waals surface area contributed by atoms with Crippen molar-refractivity contribution in [1.29, 1.82) is 0 Å². The summed E-state index contributed by atoms with van der Waals surface area (Å²) in [5.74, 6) is 2.13. The number of hydrogen-bond donors (Lipinski definition) is 3. The molecule has 0 atom stereocenters. The zero-order valence-corrected chi connectivity index (χ0v) is 23.8. The molecule has 42 heavy (non-hydrogen) atoms. The largest absolute Gasteiger partial charge is 0.497 e. The van der Waals surface area contributed by atoms with Gasteiger partial charge in [0.15, 0.2) is 5.13 Å². The van der Waals surface area contributed by atoms with Crippen LogP contribution in [0.2, 0.25) is 0 Å². The van der Waals surface area contributed by atoms with E-state index >= 15 is 0 Å². The normalized spacial score (nSPS) is 13.1. The van der Waals surface area contributed by atoms with Crippen LogP contribution in [0.3, 0.4) is 0 Å². The molecule has 6 rings (SSSR count).